The van der Waals surface area contributed by atoms with Crippen LogP contribution in [0.1, 0.15) is 39.2 Å². The average molecular weight is 313 g/mol. The van der Waals surface area contributed by atoms with E-state index in [0.717, 1.165) is 17.7 Å². The number of alkyl halides is 1. The number of benzene rings is 1. The Hall–Kier alpha value is -0.500. The van der Waals surface area contributed by atoms with Crippen molar-refractivity contribution in [2.75, 3.05) is 11.9 Å². The molecule has 0 spiro atoms. The highest BCUT2D eigenvalue weighted by atomic mass is 79.9. The third-order valence-electron chi connectivity index (χ3n) is 3.35. The monoisotopic (exact) mass is 312 g/mol. The minimum absolute atomic E-state index is 0.574. The summed E-state index contributed by atoms with van der Waals surface area (Å²) in [5.74, 6) is 2.21. The van der Waals surface area contributed by atoms with E-state index in [-0.39, 0.29) is 0 Å². The van der Waals surface area contributed by atoms with Crippen LogP contribution in [0.5, 0.6) is 5.75 Å². The molecule has 0 radical (unpaired) electrons. The van der Waals surface area contributed by atoms with Crippen LogP contribution in [0.25, 0.3) is 0 Å². The number of unbranched alkanes of at least 4 members (excludes halogenated alkanes) is 1. The largest absolute Gasteiger partial charge is 0.493 e. The maximum absolute atomic E-state index is 5.85. The molecule has 0 saturated heterocycles. The molecule has 18 heavy (non-hydrogen) atoms. The second kappa shape index (κ2) is 8.58. The van der Waals surface area contributed by atoms with Crippen molar-refractivity contribution in [2.45, 2.75) is 40.0 Å². The summed E-state index contributed by atoms with van der Waals surface area (Å²) >= 11 is 3.55. The molecule has 0 aliphatic carbocycles. The maximum atomic E-state index is 5.85. The number of hydrogen-bond donors (Lipinski definition) is 0. The first-order valence-electron chi connectivity index (χ1n) is 6.95. The summed E-state index contributed by atoms with van der Waals surface area (Å²) in [4.78, 5) is 0. The molecule has 0 bridgehead atoms. The topological polar surface area (TPSA) is 9.23 Å². The smallest absolute Gasteiger partial charge is 0.119 e. The van der Waals surface area contributed by atoms with Gasteiger partial charge in [-0.05, 0) is 36.5 Å². The van der Waals surface area contributed by atoms with Crippen molar-refractivity contribution >= 4 is 15.9 Å². The summed E-state index contributed by atoms with van der Waals surface area (Å²) in [6, 6.07) is 8.56. The fourth-order valence-corrected chi connectivity index (χ4v) is 2.69. The number of aryl methyl sites for hydroxylation is 1. The van der Waals surface area contributed by atoms with Crippen LogP contribution in [-0.4, -0.2) is 11.9 Å². The molecule has 1 aromatic rings. The van der Waals surface area contributed by atoms with E-state index < -0.39 is 0 Å². The van der Waals surface area contributed by atoms with Gasteiger partial charge < -0.3 is 4.74 Å². The summed E-state index contributed by atoms with van der Waals surface area (Å²) in [5.41, 5.74) is 1.41. The van der Waals surface area contributed by atoms with Gasteiger partial charge in [-0.1, -0.05) is 55.3 Å². The van der Waals surface area contributed by atoms with E-state index in [9.17, 15) is 0 Å². The van der Waals surface area contributed by atoms with Gasteiger partial charge in [0.15, 0.2) is 0 Å². The summed E-state index contributed by atoms with van der Waals surface area (Å²) < 4.78 is 5.85. The molecule has 2 heteroatoms. The van der Waals surface area contributed by atoms with Gasteiger partial charge in [0.25, 0.3) is 0 Å². The second-order valence-electron chi connectivity index (χ2n) is 5.22. The van der Waals surface area contributed by atoms with Crippen molar-refractivity contribution in [2.24, 2.45) is 11.8 Å². The van der Waals surface area contributed by atoms with Crippen molar-refractivity contribution < 1.29 is 4.74 Å². The quantitative estimate of drug-likeness (QED) is 0.608. The van der Waals surface area contributed by atoms with Crippen LogP contribution in [0, 0.1) is 11.8 Å². The van der Waals surface area contributed by atoms with Gasteiger partial charge in [-0.25, -0.2) is 0 Å². The minimum Gasteiger partial charge on any atom is -0.493 e. The van der Waals surface area contributed by atoms with E-state index in [1.54, 1.807) is 0 Å². The zero-order valence-corrected chi connectivity index (χ0v) is 13.4. The molecule has 0 amide bonds. The van der Waals surface area contributed by atoms with Gasteiger partial charge in [0.05, 0.1) is 6.61 Å². The molecule has 0 aliphatic rings. The third-order valence-corrected chi connectivity index (χ3v) is 4.18. The Bertz CT molecular complexity index is 318. The summed E-state index contributed by atoms with van der Waals surface area (Å²) in [6.07, 6.45) is 3.69. The Labute approximate surface area is 120 Å². The highest BCUT2D eigenvalue weighted by molar-refractivity contribution is 9.09. The summed E-state index contributed by atoms with van der Waals surface area (Å²) in [7, 11) is 0. The lowest BCUT2D eigenvalue weighted by atomic mass is 9.99. The zero-order chi connectivity index (χ0) is 13.4. The Kier molecular flexibility index (Phi) is 7.41. The van der Waals surface area contributed by atoms with Gasteiger partial charge in [-0.2, -0.15) is 0 Å². The van der Waals surface area contributed by atoms with Crippen LogP contribution < -0.4 is 4.74 Å². The highest BCUT2D eigenvalue weighted by Crippen LogP contribution is 2.18. The van der Waals surface area contributed by atoms with Crippen molar-refractivity contribution in [3.8, 4) is 5.75 Å². The SMILES string of the molecule is CCCCc1ccc(OCC(CBr)C(C)C)cc1. The third kappa shape index (κ3) is 5.43. The van der Waals surface area contributed by atoms with E-state index in [2.05, 4.69) is 61.0 Å². The van der Waals surface area contributed by atoms with Crippen LogP contribution in [0.3, 0.4) is 0 Å². The highest BCUT2D eigenvalue weighted by Gasteiger charge is 2.12. The number of ether oxygens (including phenoxy) is 1. The van der Waals surface area contributed by atoms with Crippen molar-refractivity contribution in [1.82, 2.24) is 0 Å². The summed E-state index contributed by atoms with van der Waals surface area (Å²) in [5, 5.41) is 0.999. The standard InChI is InChI=1S/C16H25BrO/c1-4-5-6-14-7-9-16(10-8-14)18-12-15(11-17)13(2)3/h7-10,13,15H,4-6,11-12H2,1-3H3. The fraction of sp³-hybridized carbons (Fsp3) is 0.625. The van der Waals surface area contributed by atoms with E-state index in [4.69, 9.17) is 4.74 Å². The van der Waals surface area contributed by atoms with Crippen LogP contribution >= 0.6 is 15.9 Å². The molecule has 0 heterocycles. The van der Waals surface area contributed by atoms with Crippen LogP contribution in [0.4, 0.5) is 0 Å². The molecule has 1 atom stereocenters. The lowest BCUT2D eigenvalue weighted by molar-refractivity contribution is 0.227. The Balaban J connectivity index is 2.43. The predicted molar refractivity (Wildman–Crippen MR) is 82.7 cm³/mol. The molecule has 0 fully saturated rings. The first-order chi connectivity index (χ1) is 8.67. The van der Waals surface area contributed by atoms with E-state index in [1.807, 2.05) is 0 Å². The van der Waals surface area contributed by atoms with Gasteiger partial charge in [0.2, 0.25) is 0 Å². The molecule has 1 nitrogen and oxygen atoms in total. The Morgan fingerprint density at radius 3 is 2.33 bits per heavy atom. The number of halogens is 1. The Morgan fingerprint density at radius 1 is 1.17 bits per heavy atom. The van der Waals surface area contributed by atoms with Gasteiger partial charge in [-0.15, -0.1) is 0 Å². The number of rotatable bonds is 8. The fourth-order valence-electron chi connectivity index (χ4n) is 1.75. The summed E-state index contributed by atoms with van der Waals surface area (Å²) in [6.45, 7) is 7.49. The molecule has 1 unspecified atom stereocenters. The zero-order valence-electron chi connectivity index (χ0n) is 11.8. The van der Waals surface area contributed by atoms with E-state index in [0.29, 0.717) is 11.8 Å². The van der Waals surface area contributed by atoms with Crippen LogP contribution in [0.2, 0.25) is 0 Å². The van der Waals surface area contributed by atoms with E-state index >= 15 is 0 Å². The molecule has 0 N–H and O–H groups in total. The van der Waals surface area contributed by atoms with Gasteiger partial charge >= 0.3 is 0 Å². The van der Waals surface area contributed by atoms with Gasteiger partial charge in [0, 0.05) is 11.2 Å². The predicted octanol–water partition coefficient (Wildman–Crippen LogP) is 5.08. The maximum Gasteiger partial charge on any atom is 0.119 e. The average Bonchev–Trinajstić information content (AvgIpc) is 2.38. The van der Waals surface area contributed by atoms with Crippen molar-refractivity contribution in [3.05, 3.63) is 29.8 Å². The molecule has 0 aromatic heterocycles. The van der Waals surface area contributed by atoms with Gasteiger partial charge in [-0.3, -0.25) is 0 Å². The van der Waals surface area contributed by atoms with E-state index in [1.165, 1.54) is 24.8 Å². The first-order valence-corrected chi connectivity index (χ1v) is 8.07. The molecule has 0 saturated carbocycles. The van der Waals surface area contributed by atoms with Crippen molar-refractivity contribution in [1.29, 1.82) is 0 Å². The molecule has 0 aliphatic heterocycles. The van der Waals surface area contributed by atoms with Gasteiger partial charge in [0.1, 0.15) is 5.75 Å². The molecular weight excluding hydrogens is 288 g/mol. The molecular formula is C16H25BrO. The van der Waals surface area contributed by atoms with Crippen LogP contribution in [0.15, 0.2) is 24.3 Å². The Morgan fingerprint density at radius 2 is 1.83 bits per heavy atom. The lowest BCUT2D eigenvalue weighted by Gasteiger charge is -2.18. The number of hydrogen-bond acceptors (Lipinski definition) is 1. The van der Waals surface area contributed by atoms with Crippen molar-refractivity contribution in [3.63, 3.8) is 0 Å². The second-order valence-corrected chi connectivity index (χ2v) is 5.86. The van der Waals surface area contributed by atoms with Crippen LogP contribution in [-0.2, 0) is 6.42 Å². The lowest BCUT2D eigenvalue weighted by Crippen LogP contribution is -2.19. The first kappa shape index (κ1) is 15.6. The molecule has 102 valence electrons. The normalized spacial score (nSPS) is 12.7. The molecule has 1 aromatic carbocycles. The minimum atomic E-state index is 0.574. The molecule has 1 rings (SSSR count).